The molecule has 0 radical (unpaired) electrons. The SMILES string of the molecule is Nc1cc(Cl)cc(Cl)c1S(=O)(=O)Nc1cnc(Cl)c(Br)c1. The highest BCUT2D eigenvalue weighted by Crippen LogP contribution is 2.33. The molecule has 0 spiro atoms. The average Bonchev–Trinajstić information content (AvgIpc) is 2.31. The quantitative estimate of drug-likeness (QED) is 0.564. The zero-order valence-corrected chi connectivity index (χ0v) is 14.7. The number of nitrogens with one attached hydrogen (secondary N) is 1. The molecule has 0 aliphatic carbocycles. The predicted molar refractivity (Wildman–Crippen MR) is 88.6 cm³/mol. The maximum atomic E-state index is 12.4. The average molecular weight is 432 g/mol. The van der Waals surface area contributed by atoms with Gasteiger partial charge < -0.3 is 5.73 Å². The Labute approximate surface area is 144 Å². The van der Waals surface area contributed by atoms with Crippen LogP contribution >= 0.6 is 50.7 Å². The molecule has 1 aromatic carbocycles. The molecule has 2 aromatic rings. The molecule has 0 saturated carbocycles. The number of nitrogens with zero attached hydrogens (tertiary/aromatic N) is 1. The minimum Gasteiger partial charge on any atom is -0.398 e. The monoisotopic (exact) mass is 429 g/mol. The van der Waals surface area contributed by atoms with Crippen LogP contribution in [0.15, 0.2) is 33.8 Å². The van der Waals surface area contributed by atoms with Crippen molar-refractivity contribution in [3.63, 3.8) is 0 Å². The number of sulfonamides is 1. The van der Waals surface area contributed by atoms with Gasteiger partial charge in [0.25, 0.3) is 10.0 Å². The van der Waals surface area contributed by atoms with Crippen molar-refractivity contribution in [2.24, 2.45) is 0 Å². The summed E-state index contributed by atoms with van der Waals surface area (Å²) in [6.45, 7) is 0. The number of halogens is 4. The smallest absolute Gasteiger partial charge is 0.265 e. The van der Waals surface area contributed by atoms with Gasteiger partial charge in [-0.05, 0) is 34.1 Å². The van der Waals surface area contributed by atoms with Crippen LogP contribution in [0.4, 0.5) is 11.4 Å². The molecule has 1 aromatic heterocycles. The predicted octanol–water partition coefficient (Wildman–Crippen LogP) is 4.19. The third-order valence-corrected chi connectivity index (χ3v) is 5.61. The van der Waals surface area contributed by atoms with Gasteiger partial charge in [-0.25, -0.2) is 13.4 Å². The molecule has 0 aliphatic heterocycles. The molecule has 3 N–H and O–H groups in total. The normalized spacial score (nSPS) is 11.4. The van der Waals surface area contributed by atoms with Crippen LogP contribution in [0.25, 0.3) is 0 Å². The number of nitrogens with two attached hydrogens (primary N) is 1. The van der Waals surface area contributed by atoms with Crippen LogP contribution in [-0.4, -0.2) is 13.4 Å². The molecular formula is C11H7BrCl3N3O2S. The Morgan fingerprint density at radius 1 is 1.19 bits per heavy atom. The molecule has 10 heteroatoms. The molecule has 0 atom stereocenters. The highest BCUT2D eigenvalue weighted by molar-refractivity contribution is 9.10. The number of rotatable bonds is 3. The van der Waals surface area contributed by atoms with Crippen molar-refractivity contribution >= 4 is 72.1 Å². The van der Waals surface area contributed by atoms with Gasteiger partial charge in [0.05, 0.1) is 27.1 Å². The molecule has 0 fully saturated rings. The molecule has 1 heterocycles. The Hall–Kier alpha value is -0.730. The number of hydrogen-bond donors (Lipinski definition) is 2. The van der Waals surface area contributed by atoms with Crippen LogP contribution in [0.2, 0.25) is 15.2 Å². The first kappa shape index (κ1) is 16.6. The van der Waals surface area contributed by atoms with E-state index in [0.29, 0.717) is 4.47 Å². The Kier molecular flexibility index (Phi) is 4.89. The van der Waals surface area contributed by atoms with Crippen molar-refractivity contribution in [2.75, 3.05) is 10.5 Å². The lowest BCUT2D eigenvalue weighted by atomic mass is 10.3. The summed E-state index contributed by atoms with van der Waals surface area (Å²) in [5.74, 6) is 0. The minimum atomic E-state index is -3.99. The standard InChI is InChI=1S/C11H7BrCl3N3O2S/c12-7-3-6(4-17-11(7)15)18-21(19,20)10-8(14)1-5(13)2-9(10)16/h1-4,18H,16H2. The van der Waals surface area contributed by atoms with Crippen LogP contribution in [-0.2, 0) is 10.0 Å². The van der Waals surface area contributed by atoms with E-state index in [1.807, 2.05) is 0 Å². The lowest BCUT2D eigenvalue weighted by Gasteiger charge is -2.12. The molecule has 5 nitrogen and oxygen atoms in total. The fraction of sp³-hybridized carbons (Fsp3) is 0. The Morgan fingerprint density at radius 2 is 1.86 bits per heavy atom. The number of benzene rings is 1. The van der Waals surface area contributed by atoms with Crippen molar-refractivity contribution in [3.8, 4) is 0 Å². The second kappa shape index (κ2) is 6.18. The fourth-order valence-electron chi connectivity index (χ4n) is 1.55. The number of aromatic nitrogens is 1. The highest BCUT2D eigenvalue weighted by atomic mass is 79.9. The minimum absolute atomic E-state index is 0.0546. The number of hydrogen-bond acceptors (Lipinski definition) is 4. The molecule has 2 rings (SSSR count). The zero-order chi connectivity index (χ0) is 15.8. The van der Waals surface area contributed by atoms with Crippen molar-refractivity contribution in [3.05, 3.63) is 44.1 Å². The molecule has 0 bridgehead atoms. The van der Waals surface area contributed by atoms with E-state index in [9.17, 15) is 8.42 Å². The zero-order valence-electron chi connectivity index (χ0n) is 10.1. The molecule has 21 heavy (non-hydrogen) atoms. The largest absolute Gasteiger partial charge is 0.398 e. The first-order valence-corrected chi connectivity index (χ1v) is 8.70. The first-order chi connectivity index (χ1) is 9.70. The van der Waals surface area contributed by atoms with Gasteiger partial charge in [0.2, 0.25) is 0 Å². The van der Waals surface area contributed by atoms with Crippen LogP contribution in [0, 0.1) is 0 Å². The highest BCUT2D eigenvalue weighted by Gasteiger charge is 2.22. The van der Waals surface area contributed by atoms with Crippen LogP contribution in [0.3, 0.4) is 0 Å². The maximum absolute atomic E-state index is 12.4. The Bertz CT molecular complexity index is 791. The molecule has 0 amide bonds. The van der Waals surface area contributed by atoms with Crippen molar-refractivity contribution in [1.82, 2.24) is 4.98 Å². The fourth-order valence-corrected chi connectivity index (χ4v) is 4.02. The van der Waals surface area contributed by atoms with E-state index < -0.39 is 10.0 Å². The third-order valence-electron chi connectivity index (χ3n) is 2.35. The van der Waals surface area contributed by atoms with Gasteiger partial charge >= 0.3 is 0 Å². The van der Waals surface area contributed by atoms with Crippen molar-refractivity contribution < 1.29 is 8.42 Å². The summed E-state index contributed by atoms with van der Waals surface area (Å²) in [4.78, 5) is 3.57. The van der Waals surface area contributed by atoms with Crippen molar-refractivity contribution in [1.29, 1.82) is 0 Å². The third kappa shape index (κ3) is 3.73. The summed E-state index contributed by atoms with van der Waals surface area (Å²) in [6.07, 6.45) is 1.27. The van der Waals surface area contributed by atoms with Gasteiger partial charge in [-0.3, -0.25) is 4.72 Å². The summed E-state index contributed by atoms with van der Waals surface area (Å²) < 4.78 is 27.5. The summed E-state index contributed by atoms with van der Waals surface area (Å²) >= 11 is 20.6. The van der Waals surface area contributed by atoms with E-state index in [1.165, 1.54) is 24.4 Å². The van der Waals surface area contributed by atoms with Crippen molar-refractivity contribution in [2.45, 2.75) is 4.90 Å². The molecule has 112 valence electrons. The second-order valence-corrected chi connectivity index (χ2v) is 7.58. The number of nitrogen functional groups attached to an aromatic ring is 1. The molecule has 0 unspecified atom stereocenters. The van der Waals surface area contributed by atoms with Gasteiger partial charge in [0, 0.05) is 5.02 Å². The lowest BCUT2D eigenvalue weighted by molar-refractivity contribution is 0.601. The summed E-state index contributed by atoms with van der Waals surface area (Å²) in [6, 6.07) is 4.06. The summed E-state index contributed by atoms with van der Waals surface area (Å²) in [5, 5.41) is 0.378. The lowest BCUT2D eigenvalue weighted by Crippen LogP contribution is -2.15. The van der Waals surface area contributed by atoms with Crippen LogP contribution in [0.5, 0.6) is 0 Å². The van der Waals surface area contributed by atoms with E-state index in [1.54, 1.807) is 0 Å². The summed E-state index contributed by atoms with van der Waals surface area (Å²) in [7, 11) is -3.99. The van der Waals surface area contributed by atoms with E-state index in [2.05, 4.69) is 25.6 Å². The van der Waals surface area contributed by atoms with Gasteiger partial charge in [0.15, 0.2) is 0 Å². The van der Waals surface area contributed by atoms with Crippen LogP contribution < -0.4 is 10.5 Å². The van der Waals surface area contributed by atoms with E-state index >= 15 is 0 Å². The molecule has 0 saturated heterocycles. The first-order valence-electron chi connectivity index (χ1n) is 5.29. The summed E-state index contributed by atoms with van der Waals surface area (Å²) in [5.41, 5.74) is 5.83. The maximum Gasteiger partial charge on any atom is 0.265 e. The van der Waals surface area contributed by atoms with Gasteiger partial charge in [-0.2, -0.15) is 0 Å². The molecular weight excluding hydrogens is 424 g/mol. The topological polar surface area (TPSA) is 85.1 Å². The van der Waals surface area contributed by atoms with Gasteiger partial charge in [0.1, 0.15) is 10.0 Å². The molecule has 0 aliphatic rings. The van der Waals surface area contributed by atoms with Crippen LogP contribution in [0.1, 0.15) is 0 Å². The Morgan fingerprint density at radius 3 is 2.43 bits per heavy atom. The number of anilines is 2. The second-order valence-electron chi connectivity index (χ2n) is 3.91. The number of pyridine rings is 1. The van der Waals surface area contributed by atoms with E-state index in [0.717, 1.165) is 0 Å². The van der Waals surface area contributed by atoms with Gasteiger partial charge in [-0.1, -0.05) is 34.8 Å². The van der Waals surface area contributed by atoms with E-state index in [4.69, 9.17) is 40.5 Å². The van der Waals surface area contributed by atoms with E-state index in [-0.39, 0.29) is 31.5 Å². The Balaban J connectivity index is 2.46. The van der Waals surface area contributed by atoms with Gasteiger partial charge in [-0.15, -0.1) is 0 Å².